The van der Waals surface area contributed by atoms with Crippen LogP contribution in [0.2, 0.25) is 0 Å². The molecule has 0 saturated heterocycles. The van der Waals surface area contributed by atoms with Gasteiger partial charge in [-0.3, -0.25) is 4.79 Å². The molecule has 37 heavy (non-hydrogen) atoms. The van der Waals surface area contributed by atoms with Crippen LogP contribution in [0.1, 0.15) is 50.5 Å². The number of allylic oxidation sites excluding steroid dienone is 2. The molecule has 208 valence electrons. The highest BCUT2D eigenvalue weighted by molar-refractivity contribution is 7.99. The fourth-order valence-electron chi connectivity index (χ4n) is 4.63. The van der Waals surface area contributed by atoms with Gasteiger partial charge < -0.3 is 31.3 Å². The summed E-state index contributed by atoms with van der Waals surface area (Å²) in [4.78, 5) is 14.2. The van der Waals surface area contributed by atoms with E-state index in [0.29, 0.717) is 25.7 Å². The second-order valence-electron chi connectivity index (χ2n) is 10.2. The molecule has 0 radical (unpaired) electrons. The lowest BCUT2D eigenvalue weighted by atomic mass is 9.89. The molecule has 0 heterocycles. The molecular formula is C29H47N3O4S. The molecular weight excluding hydrogens is 486 g/mol. The number of hydrogen-bond donors (Lipinski definition) is 5. The van der Waals surface area contributed by atoms with E-state index in [4.69, 9.17) is 5.73 Å². The molecule has 8 heteroatoms. The SMILES string of the molecule is CN(C)CCCSC(N)NC(=O)CCC/C=C\C[C@@H]1[C@@H](/C=C/[C@@H](O)CCc2ccccc2)[C@H](O)C[C@@H]1O. The number of rotatable bonds is 17. The Morgan fingerprint density at radius 3 is 2.68 bits per heavy atom. The number of aliphatic hydroxyl groups excluding tert-OH is 3. The third kappa shape index (κ3) is 13.1. The van der Waals surface area contributed by atoms with Crippen molar-refractivity contribution >= 4 is 17.7 Å². The molecule has 1 aliphatic carbocycles. The highest BCUT2D eigenvalue weighted by atomic mass is 32.2. The molecule has 0 spiro atoms. The van der Waals surface area contributed by atoms with Crippen LogP contribution in [0, 0.1) is 11.8 Å². The van der Waals surface area contributed by atoms with E-state index in [1.54, 1.807) is 17.8 Å². The fraction of sp³-hybridized carbons (Fsp3) is 0.621. The predicted octanol–water partition coefficient (Wildman–Crippen LogP) is 3.05. The number of carbonyl (C=O) groups is 1. The van der Waals surface area contributed by atoms with Gasteiger partial charge in [0, 0.05) is 18.8 Å². The molecule has 7 nitrogen and oxygen atoms in total. The number of nitrogens with two attached hydrogens (primary N) is 1. The number of aryl methyl sites for hydroxylation is 1. The molecule has 0 aliphatic heterocycles. The summed E-state index contributed by atoms with van der Waals surface area (Å²) in [5.74, 6) is 0.599. The lowest BCUT2D eigenvalue weighted by molar-refractivity contribution is -0.121. The molecule has 1 fully saturated rings. The van der Waals surface area contributed by atoms with Gasteiger partial charge in [-0.2, -0.15) is 0 Å². The minimum Gasteiger partial charge on any atom is -0.393 e. The van der Waals surface area contributed by atoms with Gasteiger partial charge in [0.05, 0.1) is 18.3 Å². The van der Waals surface area contributed by atoms with Crippen LogP contribution < -0.4 is 11.1 Å². The summed E-state index contributed by atoms with van der Waals surface area (Å²) in [7, 11) is 4.08. The summed E-state index contributed by atoms with van der Waals surface area (Å²) >= 11 is 1.56. The fourth-order valence-corrected chi connectivity index (χ4v) is 5.40. The highest BCUT2D eigenvalue weighted by Crippen LogP contribution is 2.36. The van der Waals surface area contributed by atoms with Crippen molar-refractivity contribution in [1.82, 2.24) is 10.2 Å². The standard InChI is InChI=1S/C29H47N3O4S/c1-32(2)19-10-20-37-29(30)31-28(36)14-9-4-3-8-13-24-25(27(35)21-26(24)34)18-17-23(33)16-15-22-11-6-5-7-12-22/h3,5-8,11-12,17-18,23-27,29,33-35H,4,9-10,13-16,19-21,30H2,1-2H3,(H,31,36)/b8-3-,18-17+/t23-,24+,25+,26-,27+,29?/m0/s1. The maximum atomic E-state index is 12.1. The molecule has 1 amide bonds. The quantitative estimate of drug-likeness (QED) is 0.119. The van der Waals surface area contributed by atoms with E-state index in [1.807, 2.05) is 62.7 Å². The minimum absolute atomic E-state index is 0.0358. The Hall–Kier alpha value is -1.68. The Labute approximate surface area is 227 Å². The smallest absolute Gasteiger partial charge is 0.221 e. The normalized spacial score (nSPS) is 23.8. The Kier molecular flexibility index (Phi) is 15.1. The number of nitrogens with one attached hydrogen (secondary N) is 1. The largest absolute Gasteiger partial charge is 0.393 e. The third-order valence-corrected chi connectivity index (χ3v) is 7.74. The van der Waals surface area contributed by atoms with Gasteiger partial charge in [-0.15, -0.1) is 11.8 Å². The third-order valence-electron chi connectivity index (χ3n) is 6.74. The van der Waals surface area contributed by atoms with Gasteiger partial charge in [-0.1, -0.05) is 54.6 Å². The zero-order valence-corrected chi connectivity index (χ0v) is 23.2. The van der Waals surface area contributed by atoms with Gasteiger partial charge >= 0.3 is 0 Å². The van der Waals surface area contributed by atoms with Crippen LogP contribution in [0.15, 0.2) is 54.6 Å². The van der Waals surface area contributed by atoms with E-state index in [2.05, 4.69) is 10.2 Å². The van der Waals surface area contributed by atoms with Gasteiger partial charge in [-0.05, 0) is 76.4 Å². The molecule has 1 saturated carbocycles. The Bertz CT molecular complexity index is 821. The van der Waals surface area contributed by atoms with Crippen LogP contribution in [0.3, 0.4) is 0 Å². The first kappa shape index (κ1) is 31.5. The molecule has 0 bridgehead atoms. The van der Waals surface area contributed by atoms with Crippen LogP contribution in [-0.2, 0) is 11.2 Å². The topological polar surface area (TPSA) is 119 Å². The van der Waals surface area contributed by atoms with Crippen molar-refractivity contribution in [2.45, 2.75) is 75.2 Å². The number of benzene rings is 1. The number of hydrogen-bond acceptors (Lipinski definition) is 7. The number of amides is 1. The molecule has 6 N–H and O–H groups in total. The molecule has 1 aromatic carbocycles. The summed E-state index contributed by atoms with van der Waals surface area (Å²) in [6.45, 7) is 1.00. The van der Waals surface area contributed by atoms with Gasteiger partial charge in [-0.25, -0.2) is 0 Å². The summed E-state index contributed by atoms with van der Waals surface area (Å²) in [6.07, 6.45) is 11.3. The molecule has 0 aromatic heterocycles. The van der Waals surface area contributed by atoms with Crippen molar-refractivity contribution in [1.29, 1.82) is 0 Å². The molecule has 6 atom stereocenters. The Balaban J connectivity index is 1.66. The Morgan fingerprint density at radius 1 is 1.19 bits per heavy atom. The van der Waals surface area contributed by atoms with Crippen molar-refractivity contribution in [3.05, 3.63) is 60.2 Å². The van der Waals surface area contributed by atoms with Crippen molar-refractivity contribution < 1.29 is 20.1 Å². The lowest BCUT2D eigenvalue weighted by Gasteiger charge is -2.19. The number of carbonyl (C=O) groups excluding carboxylic acids is 1. The number of unbranched alkanes of at least 4 members (excludes halogenated alkanes) is 1. The number of aliphatic hydroxyl groups is 3. The molecule has 1 aliphatic rings. The van der Waals surface area contributed by atoms with Crippen LogP contribution in [0.25, 0.3) is 0 Å². The number of nitrogens with zero attached hydrogens (tertiary/aromatic N) is 1. The van der Waals surface area contributed by atoms with Crippen LogP contribution in [-0.4, -0.2) is 76.3 Å². The van der Waals surface area contributed by atoms with Crippen molar-refractivity contribution in [3.8, 4) is 0 Å². The lowest BCUT2D eigenvalue weighted by Crippen LogP contribution is -2.39. The van der Waals surface area contributed by atoms with E-state index in [9.17, 15) is 20.1 Å². The Morgan fingerprint density at radius 2 is 1.95 bits per heavy atom. The molecule has 1 unspecified atom stereocenters. The first-order valence-electron chi connectivity index (χ1n) is 13.5. The first-order chi connectivity index (χ1) is 17.8. The van der Waals surface area contributed by atoms with Gasteiger partial charge in [0.15, 0.2) is 0 Å². The van der Waals surface area contributed by atoms with Gasteiger partial charge in [0.25, 0.3) is 0 Å². The van der Waals surface area contributed by atoms with Gasteiger partial charge in [0.2, 0.25) is 5.91 Å². The minimum atomic E-state index is -0.611. The zero-order valence-electron chi connectivity index (χ0n) is 22.4. The average Bonchev–Trinajstić information content (AvgIpc) is 3.13. The first-order valence-corrected chi connectivity index (χ1v) is 14.5. The molecule has 2 rings (SSSR count). The monoisotopic (exact) mass is 533 g/mol. The summed E-state index contributed by atoms with van der Waals surface area (Å²) in [5, 5.41) is 34.1. The van der Waals surface area contributed by atoms with E-state index < -0.39 is 18.3 Å². The van der Waals surface area contributed by atoms with Crippen LogP contribution in [0.4, 0.5) is 0 Å². The zero-order chi connectivity index (χ0) is 27.0. The van der Waals surface area contributed by atoms with E-state index >= 15 is 0 Å². The second-order valence-corrected chi connectivity index (χ2v) is 11.5. The van der Waals surface area contributed by atoms with E-state index in [1.165, 1.54) is 5.56 Å². The summed E-state index contributed by atoms with van der Waals surface area (Å²) in [5.41, 5.74) is 6.79. The van der Waals surface area contributed by atoms with E-state index in [-0.39, 0.29) is 23.2 Å². The van der Waals surface area contributed by atoms with Crippen molar-refractivity contribution in [2.24, 2.45) is 17.6 Å². The summed E-state index contributed by atoms with van der Waals surface area (Å²) in [6, 6.07) is 10.1. The summed E-state index contributed by atoms with van der Waals surface area (Å²) < 4.78 is 0. The van der Waals surface area contributed by atoms with Crippen LogP contribution >= 0.6 is 11.8 Å². The van der Waals surface area contributed by atoms with Crippen molar-refractivity contribution in [2.75, 3.05) is 26.4 Å². The van der Waals surface area contributed by atoms with E-state index in [0.717, 1.165) is 38.0 Å². The number of thioether (sulfide) groups is 1. The second kappa shape index (κ2) is 17.8. The maximum Gasteiger partial charge on any atom is 0.221 e. The predicted molar refractivity (Wildman–Crippen MR) is 153 cm³/mol. The van der Waals surface area contributed by atoms with Crippen molar-refractivity contribution in [3.63, 3.8) is 0 Å². The van der Waals surface area contributed by atoms with Gasteiger partial charge in [0.1, 0.15) is 5.50 Å². The van der Waals surface area contributed by atoms with Crippen LogP contribution in [0.5, 0.6) is 0 Å². The average molecular weight is 534 g/mol. The highest BCUT2D eigenvalue weighted by Gasteiger charge is 2.39. The molecule has 1 aromatic rings. The maximum absolute atomic E-state index is 12.1.